The number of carbonyl (C=O) groups is 1. The Kier molecular flexibility index (Phi) is 5.96. The summed E-state index contributed by atoms with van der Waals surface area (Å²) in [6.07, 6.45) is 0. The number of carbonyl (C=O) groups excluding carboxylic acids is 1. The summed E-state index contributed by atoms with van der Waals surface area (Å²) in [6.45, 7) is 0.838. The topological polar surface area (TPSA) is 91.0 Å². The van der Waals surface area contributed by atoms with E-state index in [9.17, 15) is 4.79 Å². The first-order valence-corrected chi connectivity index (χ1v) is 8.98. The predicted octanol–water partition coefficient (Wildman–Crippen LogP) is 1.93. The fourth-order valence-electron chi connectivity index (χ4n) is 1.10. The summed E-state index contributed by atoms with van der Waals surface area (Å²) in [5.41, 5.74) is 0. The Labute approximate surface area is 126 Å². The number of hydrogen-bond acceptors (Lipinski definition) is 9. The molecular formula is C9H9N5OS4. The van der Waals surface area contributed by atoms with E-state index in [1.54, 1.807) is 11.8 Å². The number of nitriles is 1. The smallest absolute Gasteiger partial charge is 0.236 e. The van der Waals surface area contributed by atoms with Crippen LogP contribution in [0.4, 0.5) is 5.13 Å². The number of rotatable bonds is 5. The van der Waals surface area contributed by atoms with Gasteiger partial charge < -0.3 is 0 Å². The van der Waals surface area contributed by atoms with Gasteiger partial charge in [-0.15, -0.1) is 10.2 Å². The van der Waals surface area contributed by atoms with Crippen molar-refractivity contribution in [1.82, 2.24) is 10.2 Å². The average Bonchev–Trinajstić information content (AvgIpc) is 3.05. The largest absolute Gasteiger partial charge is 0.300 e. The predicted molar refractivity (Wildman–Crippen MR) is 82.1 cm³/mol. The second-order valence-corrected chi connectivity index (χ2v) is 7.66. The molecule has 6 nitrogen and oxygen atoms in total. The van der Waals surface area contributed by atoms with E-state index in [0.29, 0.717) is 21.0 Å². The van der Waals surface area contributed by atoms with Crippen molar-refractivity contribution < 1.29 is 4.79 Å². The molecule has 19 heavy (non-hydrogen) atoms. The summed E-state index contributed by atoms with van der Waals surface area (Å²) >= 11 is 5.70. The van der Waals surface area contributed by atoms with Crippen LogP contribution in [0.3, 0.4) is 0 Å². The molecule has 0 fully saturated rings. The molecule has 1 aromatic rings. The van der Waals surface area contributed by atoms with Crippen molar-refractivity contribution in [3.63, 3.8) is 0 Å². The van der Waals surface area contributed by atoms with Crippen LogP contribution in [0.15, 0.2) is 9.33 Å². The molecule has 10 heteroatoms. The number of nitrogens with zero attached hydrogens (tertiary/aromatic N) is 4. The normalized spacial score (nSPS) is 13.9. The number of amides is 1. The Hall–Kier alpha value is -0.760. The molecule has 0 bridgehead atoms. The lowest BCUT2D eigenvalue weighted by Crippen LogP contribution is -2.14. The Morgan fingerprint density at radius 3 is 3.11 bits per heavy atom. The maximum atomic E-state index is 11.7. The Bertz CT molecular complexity index is 523. The molecule has 2 heterocycles. The first kappa shape index (κ1) is 14.6. The SMILES string of the molecule is N#CCSc1nnc(NC(=O)CSC2=NCCS2)s1. The zero-order valence-corrected chi connectivity index (χ0v) is 12.9. The Balaban J connectivity index is 1.75. The van der Waals surface area contributed by atoms with Crippen molar-refractivity contribution in [3.05, 3.63) is 0 Å². The van der Waals surface area contributed by atoms with Crippen molar-refractivity contribution in [1.29, 1.82) is 5.26 Å². The van der Waals surface area contributed by atoms with Gasteiger partial charge in [0.2, 0.25) is 11.0 Å². The van der Waals surface area contributed by atoms with Crippen LogP contribution in [0.2, 0.25) is 0 Å². The fourth-order valence-corrected chi connectivity index (χ4v) is 4.34. The zero-order valence-electron chi connectivity index (χ0n) is 9.66. The van der Waals surface area contributed by atoms with Crippen LogP contribution in [-0.2, 0) is 4.79 Å². The van der Waals surface area contributed by atoms with Gasteiger partial charge >= 0.3 is 0 Å². The van der Waals surface area contributed by atoms with E-state index in [1.165, 1.54) is 34.9 Å². The number of aliphatic imine (C=N–C) groups is 1. The van der Waals surface area contributed by atoms with Gasteiger partial charge in [0.15, 0.2) is 4.34 Å². The summed E-state index contributed by atoms with van der Waals surface area (Å²) in [6, 6.07) is 2.01. The molecule has 100 valence electrons. The van der Waals surface area contributed by atoms with Crippen LogP contribution in [-0.4, -0.2) is 44.3 Å². The van der Waals surface area contributed by atoms with E-state index in [1.807, 2.05) is 6.07 Å². The van der Waals surface area contributed by atoms with Crippen LogP contribution in [0, 0.1) is 11.3 Å². The third kappa shape index (κ3) is 5.02. The molecule has 0 saturated heterocycles. The second-order valence-electron chi connectivity index (χ2n) is 3.15. The molecule has 0 unspecified atom stereocenters. The lowest BCUT2D eigenvalue weighted by atomic mass is 10.7. The first-order chi connectivity index (χ1) is 9.28. The van der Waals surface area contributed by atoms with Gasteiger partial charge in [-0.1, -0.05) is 46.6 Å². The standard InChI is InChI=1S/C9H9N5OS4/c10-1-3-16-9-14-13-7(19-9)12-6(15)5-18-8-11-2-4-17-8/h2-5H2,(H,12,13,15). The lowest BCUT2D eigenvalue weighted by molar-refractivity contribution is -0.113. The van der Waals surface area contributed by atoms with Gasteiger partial charge in [-0.25, -0.2) is 0 Å². The van der Waals surface area contributed by atoms with E-state index >= 15 is 0 Å². The fraction of sp³-hybridized carbons (Fsp3) is 0.444. The summed E-state index contributed by atoms with van der Waals surface area (Å²) in [5.74, 6) is 1.54. The molecule has 0 aromatic carbocycles. The van der Waals surface area contributed by atoms with Gasteiger partial charge in [-0.05, 0) is 0 Å². The van der Waals surface area contributed by atoms with Crippen LogP contribution in [0.5, 0.6) is 0 Å². The molecule has 1 aromatic heterocycles. The van der Waals surface area contributed by atoms with Gasteiger partial charge in [0.25, 0.3) is 0 Å². The highest BCUT2D eigenvalue weighted by Gasteiger charge is 2.12. The molecule has 1 aliphatic rings. The summed E-state index contributed by atoms with van der Waals surface area (Å²) in [7, 11) is 0. The van der Waals surface area contributed by atoms with E-state index in [0.717, 1.165) is 16.7 Å². The molecule has 0 saturated carbocycles. The van der Waals surface area contributed by atoms with Crippen molar-refractivity contribution in [2.45, 2.75) is 4.34 Å². The highest BCUT2D eigenvalue weighted by Crippen LogP contribution is 2.26. The average molecular weight is 331 g/mol. The zero-order chi connectivity index (χ0) is 13.5. The van der Waals surface area contributed by atoms with Gasteiger partial charge in [-0.3, -0.25) is 15.1 Å². The van der Waals surface area contributed by atoms with E-state index in [4.69, 9.17) is 5.26 Å². The van der Waals surface area contributed by atoms with E-state index in [-0.39, 0.29) is 5.91 Å². The van der Waals surface area contributed by atoms with E-state index < -0.39 is 0 Å². The molecular weight excluding hydrogens is 322 g/mol. The quantitative estimate of drug-likeness (QED) is 0.651. The molecule has 1 amide bonds. The van der Waals surface area contributed by atoms with Crippen LogP contribution in [0.25, 0.3) is 0 Å². The summed E-state index contributed by atoms with van der Waals surface area (Å²) in [4.78, 5) is 15.9. The molecule has 0 spiro atoms. The number of thioether (sulfide) groups is 3. The van der Waals surface area contributed by atoms with Crippen molar-refractivity contribution in [2.75, 3.05) is 29.1 Å². The van der Waals surface area contributed by atoms with Crippen molar-refractivity contribution in [2.24, 2.45) is 4.99 Å². The minimum Gasteiger partial charge on any atom is -0.300 e. The van der Waals surface area contributed by atoms with Crippen LogP contribution in [0.1, 0.15) is 0 Å². The number of aromatic nitrogens is 2. The maximum absolute atomic E-state index is 11.7. The minimum atomic E-state index is -0.117. The number of hydrogen-bond donors (Lipinski definition) is 1. The molecule has 1 N–H and O–H groups in total. The third-order valence-corrected chi connectivity index (χ3v) is 5.89. The Morgan fingerprint density at radius 1 is 1.47 bits per heavy atom. The molecule has 1 aliphatic heterocycles. The minimum absolute atomic E-state index is 0.117. The van der Waals surface area contributed by atoms with Gasteiger partial charge in [-0.2, -0.15) is 5.26 Å². The van der Waals surface area contributed by atoms with E-state index in [2.05, 4.69) is 20.5 Å². The second kappa shape index (κ2) is 7.74. The van der Waals surface area contributed by atoms with Crippen LogP contribution < -0.4 is 5.32 Å². The monoisotopic (exact) mass is 331 g/mol. The van der Waals surface area contributed by atoms with Crippen LogP contribution >= 0.6 is 46.6 Å². The van der Waals surface area contributed by atoms with Gasteiger partial charge in [0.1, 0.15) is 4.38 Å². The molecule has 2 rings (SSSR count). The molecule has 0 atom stereocenters. The first-order valence-electron chi connectivity index (χ1n) is 5.21. The highest BCUT2D eigenvalue weighted by atomic mass is 32.2. The Morgan fingerprint density at radius 2 is 2.37 bits per heavy atom. The third-order valence-electron chi connectivity index (χ3n) is 1.80. The summed E-state index contributed by atoms with van der Waals surface area (Å²) in [5, 5.41) is 19.3. The van der Waals surface area contributed by atoms with Crippen molar-refractivity contribution >= 4 is 62.0 Å². The van der Waals surface area contributed by atoms with Gasteiger partial charge in [0.05, 0.1) is 24.1 Å². The lowest BCUT2D eigenvalue weighted by Gasteiger charge is -2.00. The highest BCUT2D eigenvalue weighted by molar-refractivity contribution is 8.39. The van der Waals surface area contributed by atoms with Crippen molar-refractivity contribution in [3.8, 4) is 6.07 Å². The van der Waals surface area contributed by atoms with Gasteiger partial charge in [0, 0.05) is 5.75 Å². The number of nitrogens with one attached hydrogen (secondary N) is 1. The number of anilines is 1. The summed E-state index contributed by atoms with van der Waals surface area (Å²) < 4.78 is 1.65. The maximum Gasteiger partial charge on any atom is 0.236 e. The molecule has 0 aliphatic carbocycles. The molecule has 0 radical (unpaired) electrons.